The van der Waals surface area contributed by atoms with E-state index in [-0.39, 0.29) is 11.7 Å². The van der Waals surface area contributed by atoms with Gasteiger partial charge in [-0.15, -0.1) is 13.2 Å². The Hall–Kier alpha value is -4.33. The molecule has 0 spiro atoms. The van der Waals surface area contributed by atoms with Crippen molar-refractivity contribution in [2.24, 2.45) is 0 Å². The van der Waals surface area contributed by atoms with E-state index in [0.29, 0.717) is 30.0 Å². The number of nitrogens with one attached hydrogen (secondary N) is 1. The number of alkyl halides is 3. The van der Waals surface area contributed by atoms with Crippen molar-refractivity contribution in [2.45, 2.75) is 26.3 Å². The number of fused-ring (bicyclic) bond motifs is 2. The van der Waals surface area contributed by atoms with Crippen LogP contribution in [0.3, 0.4) is 0 Å². The number of rotatable bonds is 7. The van der Waals surface area contributed by atoms with Crippen molar-refractivity contribution in [1.82, 2.24) is 14.9 Å². The Morgan fingerprint density at radius 1 is 0.973 bits per heavy atom. The van der Waals surface area contributed by atoms with E-state index < -0.39 is 6.36 Å². The molecular weight excluding hydrogens is 479 g/mol. The minimum atomic E-state index is -4.75. The SMILES string of the molecule is CCCNC(=O)c1ccc2nc(-c3cccc4ccccc34)n(Cc3ccc(OC(F)(F)F)cc3)c2c1. The molecule has 0 bridgehead atoms. The van der Waals surface area contributed by atoms with Gasteiger partial charge in [0.15, 0.2) is 0 Å². The summed E-state index contributed by atoms with van der Waals surface area (Å²) in [6.07, 6.45) is -3.93. The molecule has 5 nitrogen and oxygen atoms in total. The second-order valence-electron chi connectivity index (χ2n) is 8.70. The Labute approximate surface area is 211 Å². The van der Waals surface area contributed by atoms with Crippen LogP contribution in [0.2, 0.25) is 0 Å². The van der Waals surface area contributed by atoms with Gasteiger partial charge < -0.3 is 14.6 Å². The predicted molar refractivity (Wildman–Crippen MR) is 138 cm³/mol. The molecule has 37 heavy (non-hydrogen) atoms. The molecule has 188 valence electrons. The molecule has 1 amide bonds. The lowest BCUT2D eigenvalue weighted by molar-refractivity contribution is -0.274. The molecule has 5 aromatic rings. The lowest BCUT2D eigenvalue weighted by Gasteiger charge is -2.13. The molecule has 1 N–H and O–H groups in total. The maximum atomic E-state index is 12.7. The highest BCUT2D eigenvalue weighted by molar-refractivity contribution is 6.00. The first-order valence-corrected chi connectivity index (χ1v) is 11.9. The molecule has 1 aromatic heterocycles. The van der Waals surface area contributed by atoms with E-state index in [2.05, 4.69) is 10.1 Å². The first-order chi connectivity index (χ1) is 17.8. The van der Waals surface area contributed by atoms with Gasteiger partial charge in [0.25, 0.3) is 5.91 Å². The summed E-state index contributed by atoms with van der Waals surface area (Å²) in [5.41, 5.74) is 3.66. The minimum absolute atomic E-state index is 0.170. The maximum absolute atomic E-state index is 12.7. The van der Waals surface area contributed by atoms with E-state index >= 15 is 0 Å². The molecule has 1 heterocycles. The number of hydrogen-bond acceptors (Lipinski definition) is 3. The summed E-state index contributed by atoms with van der Waals surface area (Å²) in [5, 5.41) is 4.98. The molecule has 0 aliphatic carbocycles. The Kier molecular flexibility index (Phi) is 6.56. The number of carbonyl (C=O) groups excluding carboxylic acids is 1. The third-order valence-electron chi connectivity index (χ3n) is 6.07. The normalized spacial score (nSPS) is 11.7. The molecule has 8 heteroatoms. The predicted octanol–water partition coefficient (Wildman–Crippen LogP) is 6.94. The summed E-state index contributed by atoms with van der Waals surface area (Å²) in [4.78, 5) is 17.6. The van der Waals surface area contributed by atoms with E-state index in [4.69, 9.17) is 4.98 Å². The Morgan fingerprint density at radius 3 is 2.49 bits per heavy atom. The number of benzene rings is 4. The van der Waals surface area contributed by atoms with Crippen LogP contribution >= 0.6 is 0 Å². The second kappa shape index (κ2) is 9.97. The van der Waals surface area contributed by atoms with Crippen LogP contribution in [-0.4, -0.2) is 28.4 Å². The standard InChI is InChI=1S/C29H24F3N3O2/c1-2-16-33-28(36)21-12-15-25-26(17-21)35(18-19-10-13-22(14-11-19)37-29(30,31)32)27(34-25)24-9-5-7-20-6-3-4-8-23(20)24/h3-15,17H,2,16,18H2,1H3,(H,33,36). The summed E-state index contributed by atoms with van der Waals surface area (Å²) in [7, 11) is 0. The van der Waals surface area contributed by atoms with Crippen molar-refractivity contribution < 1.29 is 22.7 Å². The van der Waals surface area contributed by atoms with Gasteiger partial charge in [0, 0.05) is 24.2 Å². The van der Waals surface area contributed by atoms with E-state index in [1.807, 2.05) is 66.1 Å². The zero-order valence-corrected chi connectivity index (χ0v) is 20.0. The van der Waals surface area contributed by atoms with Crippen LogP contribution in [-0.2, 0) is 6.54 Å². The third kappa shape index (κ3) is 5.28. The Balaban J connectivity index is 1.62. The summed E-state index contributed by atoms with van der Waals surface area (Å²) in [6.45, 7) is 2.89. The molecule has 5 rings (SSSR count). The van der Waals surface area contributed by atoms with Crippen LogP contribution in [0.25, 0.3) is 33.2 Å². The molecule has 0 fully saturated rings. The minimum Gasteiger partial charge on any atom is -0.406 e. The maximum Gasteiger partial charge on any atom is 0.573 e. The molecule has 0 radical (unpaired) electrons. The lowest BCUT2D eigenvalue weighted by Crippen LogP contribution is -2.23. The topological polar surface area (TPSA) is 56.2 Å². The highest BCUT2D eigenvalue weighted by atomic mass is 19.4. The first-order valence-electron chi connectivity index (χ1n) is 11.9. The van der Waals surface area contributed by atoms with Crippen LogP contribution in [0.5, 0.6) is 5.75 Å². The number of ether oxygens (including phenoxy) is 1. The van der Waals surface area contributed by atoms with E-state index in [0.717, 1.165) is 33.8 Å². The average molecular weight is 504 g/mol. The fourth-order valence-corrected chi connectivity index (χ4v) is 4.37. The van der Waals surface area contributed by atoms with E-state index in [1.165, 1.54) is 12.1 Å². The summed E-state index contributed by atoms with van der Waals surface area (Å²) >= 11 is 0. The van der Waals surface area contributed by atoms with Crippen molar-refractivity contribution in [3.05, 3.63) is 96.1 Å². The van der Waals surface area contributed by atoms with Crippen molar-refractivity contribution in [1.29, 1.82) is 0 Å². The Morgan fingerprint density at radius 2 is 1.73 bits per heavy atom. The van der Waals surface area contributed by atoms with Gasteiger partial charge in [-0.25, -0.2) is 4.98 Å². The Bertz CT molecular complexity index is 1570. The number of imidazole rings is 1. The van der Waals surface area contributed by atoms with Gasteiger partial charge in [-0.1, -0.05) is 61.5 Å². The van der Waals surface area contributed by atoms with Gasteiger partial charge in [0.1, 0.15) is 11.6 Å². The van der Waals surface area contributed by atoms with Gasteiger partial charge in [-0.3, -0.25) is 4.79 Å². The summed E-state index contributed by atoms with van der Waals surface area (Å²) in [5.74, 6) is 0.251. The van der Waals surface area contributed by atoms with Crippen molar-refractivity contribution in [2.75, 3.05) is 6.54 Å². The smallest absolute Gasteiger partial charge is 0.406 e. The van der Waals surface area contributed by atoms with Crippen molar-refractivity contribution >= 4 is 27.7 Å². The molecule has 0 aliphatic rings. The van der Waals surface area contributed by atoms with Gasteiger partial charge in [-0.2, -0.15) is 0 Å². The van der Waals surface area contributed by atoms with Gasteiger partial charge in [-0.05, 0) is 53.1 Å². The fraction of sp³-hybridized carbons (Fsp3) is 0.172. The average Bonchev–Trinajstić information content (AvgIpc) is 3.24. The lowest BCUT2D eigenvalue weighted by atomic mass is 10.0. The van der Waals surface area contributed by atoms with Crippen LogP contribution in [0.4, 0.5) is 13.2 Å². The van der Waals surface area contributed by atoms with Gasteiger partial charge in [0.2, 0.25) is 0 Å². The summed E-state index contributed by atoms with van der Waals surface area (Å²) in [6, 6.07) is 25.1. The molecule has 0 atom stereocenters. The molecule has 4 aromatic carbocycles. The van der Waals surface area contributed by atoms with E-state index in [9.17, 15) is 18.0 Å². The molecule has 0 aliphatic heterocycles. The largest absolute Gasteiger partial charge is 0.573 e. The monoisotopic (exact) mass is 503 g/mol. The number of nitrogens with zero attached hydrogens (tertiary/aromatic N) is 2. The first kappa shape index (κ1) is 24.4. The number of aromatic nitrogens is 2. The van der Waals surface area contributed by atoms with Gasteiger partial charge in [0.05, 0.1) is 11.0 Å². The van der Waals surface area contributed by atoms with Crippen LogP contribution in [0.15, 0.2) is 84.9 Å². The van der Waals surface area contributed by atoms with E-state index in [1.54, 1.807) is 18.2 Å². The zero-order chi connectivity index (χ0) is 26.0. The number of hydrogen-bond donors (Lipinski definition) is 1. The van der Waals surface area contributed by atoms with Crippen molar-refractivity contribution in [3.63, 3.8) is 0 Å². The zero-order valence-electron chi connectivity index (χ0n) is 20.0. The molecule has 0 saturated carbocycles. The summed E-state index contributed by atoms with van der Waals surface area (Å²) < 4.78 is 43.8. The van der Waals surface area contributed by atoms with Crippen LogP contribution in [0.1, 0.15) is 29.3 Å². The quantitative estimate of drug-likeness (QED) is 0.262. The fourth-order valence-electron chi connectivity index (χ4n) is 4.37. The molecule has 0 saturated heterocycles. The molecule has 0 unspecified atom stereocenters. The van der Waals surface area contributed by atoms with Gasteiger partial charge >= 0.3 is 6.36 Å². The number of amides is 1. The highest BCUT2D eigenvalue weighted by Gasteiger charge is 2.31. The van der Waals surface area contributed by atoms with Crippen LogP contribution < -0.4 is 10.1 Å². The third-order valence-corrected chi connectivity index (χ3v) is 6.07. The highest BCUT2D eigenvalue weighted by Crippen LogP contribution is 2.32. The number of carbonyl (C=O) groups is 1. The second-order valence-corrected chi connectivity index (χ2v) is 8.70. The van der Waals surface area contributed by atoms with Crippen molar-refractivity contribution in [3.8, 4) is 17.1 Å². The van der Waals surface area contributed by atoms with Crippen LogP contribution in [0, 0.1) is 0 Å². The number of halogens is 3. The molecular formula is C29H24F3N3O2.